The first-order chi connectivity index (χ1) is 44.7. The maximum Gasteiger partial charge on any atom is 0.220 e. The molecule has 1 fully saturated rings. The van der Waals surface area contributed by atoms with Crippen molar-refractivity contribution >= 4 is 5.91 Å². The van der Waals surface area contributed by atoms with Crippen molar-refractivity contribution in [1.29, 1.82) is 0 Å². The second-order valence-electron chi connectivity index (χ2n) is 25.0. The molecule has 91 heavy (non-hydrogen) atoms. The molecule has 6 N–H and O–H groups in total. The first-order valence-corrected chi connectivity index (χ1v) is 36.7. The van der Waals surface area contributed by atoms with Crippen LogP contribution in [0.4, 0.5) is 0 Å². The summed E-state index contributed by atoms with van der Waals surface area (Å²) in [5, 5.41) is 67.0. The zero-order chi connectivity index (χ0) is 65.6. The van der Waals surface area contributed by atoms with Gasteiger partial charge in [0.05, 0.1) is 144 Å². The van der Waals surface area contributed by atoms with Gasteiger partial charge in [0.25, 0.3) is 0 Å². The lowest BCUT2D eigenvalue weighted by Gasteiger charge is -2.40. The average molecular weight is 1310 g/mol. The van der Waals surface area contributed by atoms with E-state index in [-0.39, 0.29) is 32.1 Å². The van der Waals surface area contributed by atoms with Gasteiger partial charge in [0.2, 0.25) is 5.91 Å². The van der Waals surface area contributed by atoms with Gasteiger partial charge >= 0.3 is 0 Å². The molecule has 1 aromatic heterocycles. The minimum atomic E-state index is -1.64. The lowest BCUT2D eigenvalue weighted by atomic mass is 9.98. The number of amides is 1. The number of carbonyl (C=O) groups excluding carboxylic acids is 1. The number of unbranched alkanes of at least 4 members (excludes halogenated alkanes) is 33. The highest BCUT2D eigenvalue weighted by Gasteiger charge is 2.45. The number of nitrogens with one attached hydrogen (secondary N) is 1. The van der Waals surface area contributed by atoms with Crippen molar-refractivity contribution in [2.75, 3.05) is 119 Å². The van der Waals surface area contributed by atoms with Crippen molar-refractivity contribution in [2.45, 2.75) is 314 Å². The third-order valence-corrected chi connectivity index (χ3v) is 16.9. The fraction of sp³-hybridized carbons (Fsp3) is 0.957. The molecule has 0 saturated carbocycles. The van der Waals surface area contributed by atoms with Crippen LogP contribution in [-0.4, -0.2) is 215 Å². The summed E-state index contributed by atoms with van der Waals surface area (Å²) in [4.78, 5) is 13.4. The highest BCUT2D eigenvalue weighted by molar-refractivity contribution is 5.76. The monoisotopic (exact) mass is 1300 g/mol. The van der Waals surface area contributed by atoms with Gasteiger partial charge in [-0.15, -0.1) is 5.10 Å². The molecule has 1 aromatic rings. The zero-order valence-electron chi connectivity index (χ0n) is 57.8. The number of rotatable bonds is 71. The molecule has 538 valence electrons. The van der Waals surface area contributed by atoms with E-state index in [1.54, 1.807) is 13.3 Å². The van der Waals surface area contributed by atoms with Gasteiger partial charge in [-0.1, -0.05) is 237 Å². The summed E-state index contributed by atoms with van der Waals surface area (Å²) < 4.78 is 62.6. The highest BCUT2D eigenvalue weighted by Crippen LogP contribution is 2.25. The van der Waals surface area contributed by atoms with E-state index in [0.29, 0.717) is 124 Å². The van der Waals surface area contributed by atoms with E-state index < -0.39 is 49.0 Å². The number of nitrogens with zero attached hydrogens (tertiary/aromatic N) is 3. The van der Waals surface area contributed by atoms with Gasteiger partial charge in [-0.3, -0.25) is 4.79 Å². The number of hydrogen-bond acceptors (Lipinski definition) is 19. The van der Waals surface area contributed by atoms with Crippen molar-refractivity contribution in [3.63, 3.8) is 0 Å². The highest BCUT2D eigenvalue weighted by atomic mass is 16.7. The number of methoxy groups -OCH3 is 1. The Hall–Kier alpha value is -2.03. The van der Waals surface area contributed by atoms with E-state index in [0.717, 1.165) is 44.9 Å². The Morgan fingerprint density at radius 3 is 1.22 bits per heavy atom. The Morgan fingerprint density at radius 2 is 0.835 bits per heavy atom. The number of aliphatic hydroxyl groups is 5. The molecule has 0 bridgehead atoms. The summed E-state index contributed by atoms with van der Waals surface area (Å²) in [5.74, 6) is -0.263. The van der Waals surface area contributed by atoms with Crippen LogP contribution in [0.3, 0.4) is 0 Å². The molecular formula is C70H136N4O17. The van der Waals surface area contributed by atoms with Crippen LogP contribution < -0.4 is 5.32 Å². The van der Waals surface area contributed by atoms with Crippen LogP contribution in [0.15, 0.2) is 6.20 Å². The maximum atomic E-state index is 13.4. The van der Waals surface area contributed by atoms with Crippen molar-refractivity contribution in [3.05, 3.63) is 11.9 Å². The second kappa shape index (κ2) is 64.0. The van der Waals surface area contributed by atoms with Crippen molar-refractivity contribution in [2.24, 2.45) is 0 Å². The third-order valence-electron chi connectivity index (χ3n) is 16.9. The molecule has 21 heteroatoms. The fourth-order valence-electron chi connectivity index (χ4n) is 11.1. The van der Waals surface area contributed by atoms with Gasteiger partial charge in [0.1, 0.15) is 36.2 Å². The number of hydrogen-bond donors (Lipinski definition) is 6. The standard InChI is InChI=1S/C70H136N4O17/c1-4-6-8-10-12-14-16-18-19-20-21-22-23-24-25-26-27-28-30-32-34-36-38-40-65(76)71-62(66(77)63(75)39-37-35-33-31-29-17-15-13-11-9-7-5-2)60-90-70-69(80)68(79)67(78)64(91-70)58-74-57-61(72-73-74)59-89-56-55-88-54-53-87-52-51-86-50-49-85-48-47-84-46-45-83-44-43-82-42-41-81-3/h57,62-64,66-70,75,77-80H,4-56,58-60H2,1-3H3,(H,71,76)/t62-,63+,64+,66-,67-,68-,69+,70-/m0/s1. The molecule has 0 aromatic carbocycles. The quantitative estimate of drug-likeness (QED) is 0.0331. The fourth-order valence-corrected chi connectivity index (χ4v) is 11.1. The average Bonchev–Trinajstić information content (AvgIpc) is 1.89. The third kappa shape index (κ3) is 50.1. The Labute approximate surface area is 551 Å². The summed E-state index contributed by atoms with van der Waals surface area (Å²) >= 11 is 0. The lowest BCUT2D eigenvalue weighted by molar-refractivity contribution is -0.301. The number of ether oxygens (including phenoxy) is 11. The van der Waals surface area contributed by atoms with E-state index in [4.69, 9.17) is 52.1 Å². The van der Waals surface area contributed by atoms with Crippen molar-refractivity contribution in [3.8, 4) is 0 Å². The second-order valence-corrected chi connectivity index (χ2v) is 25.0. The minimum Gasteiger partial charge on any atom is -0.390 e. The zero-order valence-corrected chi connectivity index (χ0v) is 57.8. The SMILES string of the molecule is CCCCCCCCCCCCCCCCCCCCCCCCCC(=O)N[C@@H](CO[C@H]1O[C@H](Cn2cc(COCCOCCOCCOCCOCCOCCOCCOCCOC)nn2)[C@H](O)[C@H](O)[C@H]1O)[C@H](O)[C@H](O)CCCCCCCCCCCCCC. The lowest BCUT2D eigenvalue weighted by Crippen LogP contribution is -2.60. The predicted octanol–water partition coefficient (Wildman–Crippen LogP) is 11.1. The van der Waals surface area contributed by atoms with Crippen LogP contribution in [-0.2, 0) is 70.1 Å². The molecule has 2 rings (SSSR count). The molecule has 2 heterocycles. The number of aliphatic hydroxyl groups excluding tert-OH is 5. The van der Waals surface area contributed by atoms with Gasteiger partial charge in [-0.2, -0.15) is 0 Å². The molecule has 1 amide bonds. The van der Waals surface area contributed by atoms with E-state index >= 15 is 0 Å². The van der Waals surface area contributed by atoms with Gasteiger partial charge in [-0.05, 0) is 12.8 Å². The van der Waals surface area contributed by atoms with Gasteiger partial charge in [0.15, 0.2) is 6.29 Å². The number of carbonyl (C=O) groups is 1. The van der Waals surface area contributed by atoms with Crippen LogP contribution in [0.5, 0.6) is 0 Å². The van der Waals surface area contributed by atoms with E-state index in [9.17, 15) is 30.3 Å². The molecule has 1 saturated heterocycles. The van der Waals surface area contributed by atoms with Crippen molar-refractivity contribution < 1.29 is 82.4 Å². The van der Waals surface area contributed by atoms with Crippen LogP contribution in [0.1, 0.15) is 257 Å². The van der Waals surface area contributed by atoms with E-state index in [1.165, 1.54) is 178 Å². The van der Waals surface area contributed by atoms with Gasteiger partial charge in [-0.25, -0.2) is 4.68 Å². The Bertz CT molecular complexity index is 1680. The van der Waals surface area contributed by atoms with E-state index in [2.05, 4.69) is 29.5 Å². The van der Waals surface area contributed by atoms with Crippen molar-refractivity contribution in [1.82, 2.24) is 20.3 Å². The van der Waals surface area contributed by atoms with E-state index in [1.807, 2.05) is 0 Å². The largest absolute Gasteiger partial charge is 0.390 e. The van der Waals surface area contributed by atoms with Gasteiger partial charge < -0.3 is 83.0 Å². The van der Waals surface area contributed by atoms with Crippen LogP contribution in [0, 0.1) is 0 Å². The maximum absolute atomic E-state index is 13.4. The molecule has 0 spiro atoms. The molecule has 0 aliphatic carbocycles. The summed E-state index contributed by atoms with van der Waals surface area (Å²) in [6.07, 6.45) is 36.5. The molecule has 8 atom stereocenters. The van der Waals surface area contributed by atoms with Crippen LogP contribution >= 0.6 is 0 Å². The summed E-state index contributed by atoms with van der Waals surface area (Å²) in [7, 11) is 1.64. The first kappa shape index (κ1) is 85.1. The topological polar surface area (TPSA) is 262 Å². The Kier molecular flexibility index (Phi) is 59.8. The number of aromatic nitrogens is 3. The summed E-state index contributed by atoms with van der Waals surface area (Å²) in [6.45, 7) is 11.7. The molecular weight excluding hydrogens is 1170 g/mol. The summed E-state index contributed by atoms with van der Waals surface area (Å²) in [5.41, 5.74) is 0.517. The predicted molar refractivity (Wildman–Crippen MR) is 356 cm³/mol. The Balaban J connectivity index is 1.68. The molecule has 0 radical (unpaired) electrons. The molecule has 0 unspecified atom stereocenters. The first-order valence-electron chi connectivity index (χ1n) is 36.7. The minimum absolute atomic E-state index is 0.0414. The van der Waals surface area contributed by atoms with Crippen LogP contribution in [0.2, 0.25) is 0 Å². The molecule has 1 aliphatic rings. The molecule has 21 nitrogen and oxygen atoms in total. The smallest absolute Gasteiger partial charge is 0.220 e. The van der Waals surface area contributed by atoms with Crippen LogP contribution in [0.25, 0.3) is 0 Å². The normalized spacial score (nSPS) is 17.9. The Morgan fingerprint density at radius 1 is 0.484 bits per heavy atom. The van der Waals surface area contributed by atoms with Gasteiger partial charge in [0, 0.05) is 13.5 Å². The summed E-state index contributed by atoms with van der Waals surface area (Å²) in [6, 6.07) is -1.03. The molecule has 1 aliphatic heterocycles.